The number of nitrogens with zero attached hydrogens (tertiary/aromatic N) is 3. The van der Waals surface area contributed by atoms with Gasteiger partial charge in [0.15, 0.2) is 9.84 Å². The summed E-state index contributed by atoms with van der Waals surface area (Å²) in [5.74, 6) is -0.326. The quantitative estimate of drug-likeness (QED) is 0.692. The Morgan fingerprint density at radius 3 is 2.12 bits per heavy atom. The van der Waals surface area contributed by atoms with Crippen molar-refractivity contribution in [1.29, 1.82) is 0 Å². The highest BCUT2D eigenvalue weighted by Crippen LogP contribution is 2.28. The molecule has 2 fully saturated rings. The Kier molecular flexibility index (Phi) is 5.68. The number of carbonyl (C=O) groups excluding carboxylic acids is 2. The van der Waals surface area contributed by atoms with Crippen LogP contribution in [-0.2, 0) is 19.4 Å². The van der Waals surface area contributed by atoms with Crippen molar-refractivity contribution in [3.8, 4) is 0 Å². The molecule has 9 heteroatoms. The number of rotatable bonds is 3. The van der Waals surface area contributed by atoms with Crippen LogP contribution < -0.4 is 0 Å². The Morgan fingerprint density at radius 2 is 1.60 bits per heavy atom. The molecular formula is C16H29N3O5S. The number of piperazine rings is 1. The van der Waals surface area contributed by atoms with E-state index < -0.39 is 28.0 Å². The molecule has 25 heavy (non-hydrogen) atoms. The second-order valence-electron chi connectivity index (χ2n) is 8.35. The van der Waals surface area contributed by atoms with E-state index in [0.29, 0.717) is 13.1 Å². The summed E-state index contributed by atoms with van der Waals surface area (Å²) in [6.07, 6.45) is -0.498. The van der Waals surface area contributed by atoms with Crippen LogP contribution in [0.4, 0.5) is 4.79 Å². The molecule has 0 bridgehead atoms. The first-order valence-corrected chi connectivity index (χ1v) is 10.3. The summed E-state index contributed by atoms with van der Waals surface area (Å²) >= 11 is 0. The Hall–Kier alpha value is -1.35. The molecule has 0 aromatic rings. The number of carbonyl (C=O) groups is 2. The molecule has 2 rings (SSSR count). The Morgan fingerprint density at radius 1 is 1.08 bits per heavy atom. The highest BCUT2D eigenvalue weighted by atomic mass is 32.2. The highest BCUT2D eigenvalue weighted by Gasteiger charge is 2.49. The monoisotopic (exact) mass is 375 g/mol. The molecule has 2 amide bonds. The molecule has 2 atom stereocenters. The van der Waals surface area contributed by atoms with Crippen molar-refractivity contribution >= 4 is 21.8 Å². The number of fused-ring (bicyclic) bond motifs is 1. The van der Waals surface area contributed by atoms with E-state index in [0.717, 1.165) is 0 Å². The summed E-state index contributed by atoms with van der Waals surface area (Å²) in [6, 6.07) is -1.02. The van der Waals surface area contributed by atoms with Crippen molar-refractivity contribution < 1.29 is 22.7 Å². The van der Waals surface area contributed by atoms with Crippen molar-refractivity contribution in [2.75, 3.05) is 51.8 Å². The van der Waals surface area contributed by atoms with Crippen LogP contribution >= 0.6 is 0 Å². The average molecular weight is 375 g/mol. The third-order valence-electron chi connectivity index (χ3n) is 4.31. The minimum atomic E-state index is -3.29. The van der Waals surface area contributed by atoms with Gasteiger partial charge < -0.3 is 19.4 Å². The van der Waals surface area contributed by atoms with E-state index in [1.54, 1.807) is 23.9 Å². The molecule has 0 aromatic heterocycles. The zero-order valence-electron chi connectivity index (χ0n) is 15.7. The molecule has 0 aromatic carbocycles. The van der Waals surface area contributed by atoms with Gasteiger partial charge in [0.2, 0.25) is 5.91 Å². The Labute approximate surface area is 150 Å². The largest absolute Gasteiger partial charge is 0.449 e. The van der Waals surface area contributed by atoms with Crippen molar-refractivity contribution in [3.63, 3.8) is 0 Å². The van der Waals surface area contributed by atoms with E-state index in [1.807, 2.05) is 20.8 Å². The van der Waals surface area contributed by atoms with Gasteiger partial charge in [-0.25, -0.2) is 13.2 Å². The van der Waals surface area contributed by atoms with E-state index in [1.165, 1.54) is 4.90 Å². The van der Waals surface area contributed by atoms with Crippen LogP contribution in [0.15, 0.2) is 0 Å². The molecule has 0 aliphatic carbocycles. The lowest BCUT2D eigenvalue weighted by atomic mass is 9.99. The van der Waals surface area contributed by atoms with Crippen molar-refractivity contribution in [3.05, 3.63) is 0 Å². The lowest BCUT2D eigenvalue weighted by Gasteiger charge is -2.43. The summed E-state index contributed by atoms with van der Waals surface area (Å²) in [7, 11) is 0.295. The van der Waals surface area contributed by atoms with Gasteiger partial charge in [0, 0.05) is 13.1 Å². The van der Waals surface area contributed by atoms with Crippen LogP contribution in [0.3, 0.4) is 0 Å². The summed E-state index contributed by atoms with van der Waals surface area (Å²) in [4.78, 5) is 29.8. The maximum absolute atomic E-state index is 12.5. The van der Waals surface area contributed by atoms with E-state index >= 15 is 0 Å². The summed E-state index contributed by atoms with van der Waals surface area (Å²) < 4.78 is 29.7. The lowest BCUT2D eigenvalue weighted by molar-refractivity contribution is -0.137. The molecule has 2 aliphatic heterocycles. The molecule has 0 unspecified atom stereocenters. The number of sulfone groups is 1. The van der Waals surface area contributed by atoms with Crippen molar-refractivity contribution in [2.24, 2.45) is 5.41 Å². The predicted octanol–water partition coefficient (Wildman–Crippen LogP) is 0.0405. The van der Waals surface area contributed by atoms with Crippen LogP contribution in [0.5, 0.6) is 0 Å². The van der Waals surface area contributed by atoms with Gasteiger partial charge in [0.05, 0.1) is 36.7 Å². The topological polar surface area (TPSA) is 87.2 Å². The molecular weight excluding hydrogens is 346 g/mol. The second kappa shape index (κ2) is 7.11. The number of likely N-dealkylation sites (N-methyl/N-ethyl adjacent to an activating group) is 1. The molecule has 0 saturated carbocycles. The van der Waals surface area contributed by atoms with Gasteiger partial charge in [-0.15, -0.1) is 0 Å². The SMILES string of the molecule is CN(C)CC(=O)N1CCN(C(=O)OCC(C)(C)C)[C@H]2CS(=O)(=O)C[C@H]21. The summed E-state index contributed by atoms with van der Waals surface area (Å²) in [6.45, 7) is 6.98. The Balaban J connectivity index is 2.14. The fourth-order valence-electron chi connectivity index (χ4n) is 3.21. The summed E-state index contributed by atoms with van der Waals surface area (Å²) in [5, 5.41) is 0. The maximum Gasteiger partial charge on any atom is 0.410 e. The normalized spacial score (nSPS) is 25.8. The van der Waals surface area contributed by atoms with Gasteiger partial charge in [0.1, 0.15) is 0 Å². The van der Waals surface area contributed by atoms with Crippen LogP contribution in [0.1, 0.15) is 20.8 Å². The molecule has 0 N–H and O–H groups in total. The minimum absolute atomic E-state index is 0.0973. The first-order valence-electron chi connectivity index (χ1n) is 8.48. The number of hydrogen-bond donors (Lipinski definition) is 0. The third kappa shape index (κ3) is 5.07. The van der Waals surface area contributed by atoms with E-state index in [4.69, 9.17) is 4.74 Å². The van der Waals surface area contributed by atoms with Crippen molar-refractivity contribution in [1.82, 2.24) is 14.7 Å². The number of amides is 2. The van der Waals surface area contributed by atoms with Crippen LogP contribution in [0, 0.1) is 5.41 Å². The Bertz CT molecular complexity index is 626. The molecule has 8 nitrogen and oxygen atoms in total. The van der Waals surface area contributed by atoms with Gasteiger partial charge in [0.25, 0.3) is 0 Å². The van der Waals surface area contributed by atoms with Gasteiger partial charge in [-0.2, -0.15) is 0 Å². The van der Waals surface area contributed by atoms with Crippen molar-refractivity contribution in [2.45, 2.75) is 32.9 Å². The van der Waals surface area contributed by atoms with Crippen LogP contribution in [0.25, 0.3) is 0 Å². The second-order valence-corrected chi connectivity index (χ2v) is 10.5. The molecule has 2 heterocycles. The van der Waals surface area contributed by atoms with Gasteiger partial charge in [-0.1, -0.05) is 20.8 Å². The fourth-order valence-corrected chi connectivity index (χ4v) is 5.19. The van der Waals surface area contributed by atoms with E-state index in [2.05, 4.69) is 0 Å². The molecule has 0 spiro atoms. The fraction of sp³-hybridized carbons (Fsp3) is 0.875. The van der Waals surface area contributed by atoms with Crippen LogP contribution in [-0.4, -0.2) is 99.0 Å². The average Bonchev–Trinajstić information content (AvgIpc) is 2.76. The maximum atomic E-state index is 12.5. The third-order valence-corrected chi connectivity index (χ3v) is 6.01. The molecule has 2 saturated heterocycles. The zero-order chi connectivity index (χ0) is 19.0. The lowest BCUT2D eigenvalue weighted by Crippen LogP contribution is -2.63. The highest BCUT2D eigenvalue weighted by molar-refractivity contribution is 7.91. The van der Waals surface area contributed by atoms with Gasteiger partial charge in [-0.05, 0) is 19.5 Å². The first kappa shape index (κ1) is 20.0. The van der Waals surface area contributed by atoms with Gasteiger partial charge in [-0.3, -0.25) is 4.79 Å². The minimum Gasteiger partial charge on any atom is -0.449 e. The molecule has 144 valence electrons. The summed E-state index contributed by atoms with van der Waals surface area (Å²) in [5.41, 5.74) is -0.166. The van der Waals surface area contributed by atoms with E-state index in [-0.39, 0.29) is 36.0 Å². The number of ether oxygens (including phenoxy) is 1. The van der Waals surface area contributed by atoms with E-state index in [9.17, 15) is 18.0 Å². The predicted molar refractivity (Wildman–Crippen MR) is 94.0 cm³/mol. The number of hydrogen-bond acceptors (Lipinski definition) is 6. The smallest absolute Gasteiger partial charge is 0.410 e. The molecule has 2 aliphatic rings. The standard InChI is InChI=1S/C16H29N3O5S/c1-16(2,3)11-24-15(21)19-7-6-18(14(20)8-17(4)5)12-9-25(22,23)10-13(12)19/h12-13H,6-11H2,1-5H3/t12-,13+/m1/s1. The van der Waals surface area contributed by atoms with Gasteiger partial charge >= 0.3 is 6.09 Å². The van der Waals surface area contributed by atoms with Crippen LogP contribution in [0.2, 0.25) is 0 Å². The zero-order valence-corrected chi connectivity index (χ0v) is 16.5. The molecule has 0 radical (unpaired) electrons. The first-order chi connectivity index (χ1) is 11.4.